The number of hydrogen-bond donors (Lipinski definition) is 2. The van der Waals surface area contributed by atoms with Crippen LogP contribution in [0, 0.1) is 5.82 Å². The van der Waals surface area contributed by atoms with Crippen molar-refractivity contribution in [3.8, 4) is 17.0 Å². The van der Waals surface area contributed by atoms with E-state index in [2.05, 4.69) is 27.3 Å². The first-order chi connectivity index (χ1) is 19.4. The quantitative estimate of drug-likeness (QED) is 0.426. The minimum absolute atomic E-state index is 0.178. The predicted octanol–water partition coefficient (Wildman–Crippen LogP) is 4.69. The van der Waals surface area contributed by atoms with E-state index in [4.69, 9.17) is 4.74 Å². The monoisotopic (exact) mass is 546 g/mol. The number of hydrogen-bond acceptors (Lipinski definition) is 5. The molecule has 3 heterocycles. The van der Waals surface area contributed by atoms with Gasteiger partial charge in [0.2, 0.25) is 5.91 Å². The summed E-state index contributed by atoms with van der Waals surface area (Å²) in [5, 5.41) is 12.4. The molecule has 3 aromatic rings. The molecule has 1 aromatic heterocycles. The van der Waals surface area contributed by atoms with Crippen molar-refractivity contribution >= 4 is 12.0 Å². The van der Waals surface area contributed by atoms with Gasteiger partial charge in [-0.3, -0.25) is 14.7 Å². The third-order valence-corrected chi connectivity index (χ3v) is 8.02. The van der Waals surface area contributed by atoms with Crippen molar-refractivity contribution in [1.29, 1.82) is 0 Å². The molecule has 2 amide bonds. The van der Waals surface area contributed by atoms with E-state index in [9.17, 15) is 14.7 Å². The van der Waals surface area contributed by atoms with Crippen LogP contribution in [0.15, 0.2) is 66.9 Å². The van der Waals surface area contributed by atoms with Gasteiger partial charge in [-0.15, -0.1) is 0 Å². The van der Waals surface area contributed by atoms with E-state index in [1.165, 1.54) is 16.5 Å². The number of halogens is 1. The smallest absolute Gasteiger partial charge is 0.407 e. The maximum atomic E-state index is 15.7. The SMILES string of the molecule is CCOc1ccccc1-c1ncc(C2(C(=O)N[C@@H]3CCN(C(=O)O)C3)CCN(Cc3ccccc3)CC2)cc1F. The molecule has 8 nitrogen and oxygen atoms in total. The molecule has 0 radical (unpaired) electrons. The predicted molar refractivity (Wildman–Crippen MR) is 150 cm³/mol. The number of carbonyl (C=O) groups is 2. The molecule has 0 aliphatic carbocycles. The lowest BCUT2D eigenvalue weighted by atomic mass is 9.72. The highest BCUT2D eigenvalue weighted by molar-refractivity contribution is 5.89. The van der Waals surface area contributed by atoms with Gasteiger partial charge in [-0.2, -0.15) is 0 Å². The van der Waals surface area contributed by atoms with Crippen molar-refractivity contribution in [3.05, 3.63) is 83.8 Å². The maximum absolute atomic E-state index is 15.7. The normalized spacial score (nSPS) is 18.9. The Bertz CT molecular complexity index is 1340. The summed E-state index contributed by atoms with van der Waals surface area (Å²) in [5.41, 5.74) is 1.49. The third-order valence-electron chi connectivity index (χ3n) is 8.02. The number of amides is 2. The summed E-state index contributed by atoms with van der Waals surface area (Å²) in [6, 6.07) is 18.5. The molecule has 1 atom stereocenters. The molecule has 0 bridgehead atoms. The largest absolute Gasteiger partial charge is 0.493 e. The third kappa shape index (κ3) is 5.79. The van der Waals surface area contributed by atoms with Gasteiger partial charge >= 0.3 is 6.09 Å². The first kappa shape index (κ1) is 27.6. The van der Waals surface area contributed by atoms with Gasteiger partial charge < -0.3 is 20.1 Å². The highest BCUT2D eigenvalue weighted by Gasteiger charge is 2.45. The van der Waals surface area contributed by atoms with Gasteiger partial charge in [0, 0.05) is 37.4 Å². The Morgan fingerprint density at radius 3 is 2.50 bits per heavy atom. The second-order valence-electron chi connectivity index (χ2n) is 10.5. The van der Waals surface area contributed by atoms with Crippen LogP contribution in [0.3, 0.4) is 0 Å². The molecule has 2 N–H and O–H groups in total. The first-order valence-electron chi connectivity index (χ1n) is 13.8. The number of benzene rings is 2. The van der Waals surface area contributed by atoms with Crippen LogP contribution in [0.2, 0.25) is 0 Å². The number of rotatable bonds is 8. The molecule has 2 aliphatic heterocycles. The van der Waals surface area contributed by atoms with Crippen LogP contribution in [-0.2, 0) is 16.8 Å². The van der Waals surface area contributed by atoms with Crippen LogP contribution in [-0.4, -0.2) is 70.7 Å². The number of nitrogens with zero attached hydrogens (tertiary/aromatic N) is 3. The molecule has 210 valence electrons. The number of likely N-dealkylation sites (tertiary alicyclic amines) is 2. The van der Waals surface area contributed by atoms with Crippen LogP contribution in [0.5, 0.6) is 5.75 Å². The van der Waals surface area contributed by atoms with Gasteiger partial charge in [0.15, 0.2) is 0 Å². The van der Waals surface area contributed by atoms with Gasteiger partial charge in [-0.05, 0) is 68.6 Å². The minimum Gasteiger partial charge on any atom is -0.493 e. The number of carboxylic acid groups (broad SMARTS) is 1. The molecule has 40 heavy (non-hydrogen) atoms. The Labute approximate surface area is 233 Å². The second-order valence-corrected chi connectivity index (χ2v) is 10.5. The molecule has 0 saturated carbocycles. The van der Waals surface area contributed by atoms with Crippen molar-refractivity contribution in [2.24, 2.45) is 0 Å². The maximum Gasteiger partial charge on any atom is 0.407 e. The number of aromatic nitrogens is 1. The van der Waals surface area contributed by atoms with Gasteiger partial charge in [0.25, 0.3) is 0 Å². The van der Waals surface area contributed by atoms with Crippen molar-refractivity contribution in [1.82, 2.24) is 20.1 Å². The molecule has 5 rings (SSSR count). The van der Waals surface area contributed by atoms with Crippen LogP contribution >= 0.6 is 0 Å². The van der Waals surface area contributed by atoms with Crippen LogP contribution in [0.25, 0.3) is 11.3 Å². The van der Waals surface area contributed by atoms with E-state index < -0.39 is 17.3 Å². The molecule has 0 spiro atoms. The number of nitrogens with one attached hydrogen (secondary N) is 1. The fourth-order valence-electron chi connectivity index (χ4n) is 5.80. The van der Waals surface area contributed by atoms with E-state index in [0.29, 0.717) is 62.4 Å². The van der Waals surface area contributed by atoms with Crippen molar-refractivity contribution in [2.45, 2.75) is 44.2 Å². The van der Waals surface area contributed by atoms with Gasteiger partial charge in [0.1, 0.15) is 17.3 Å². The number of piperidine rings is 1. The number of carbonyl (C=O) groups excluding carboxylic acids is 1. The Kier molecular flexibility index (Phi) is 8.30. The Balaban J connectivity index is 1.42. The summed E-state index contributed by atoms with van der Waals surface area (Å²) in [6.07, 6.45) is 2.17. The molecule has 2 aromatic carbocycles. The molecule has 0 unspecified atom stereocenters. The lowest BCUT2D eigenvalue weighted by Gasteiger charge is -2.41. The van der Waals surface area contributed by atoms with E-state index >= 15 is 4.39 Å². The Morgan fingerprint density at radius 1 is 1.10 bits per heavy atom. The van der Waals surface area contributed by atoms with E-state index in [-0.39, 0.29) is 24.2 Å². The lowest BCUT2D eigenvalue weighted by molar-refractivity contribution is -0.129. The average molecular weight is 547 g/mol. The van der Waals surface area contributed by atoms with E-state index in [1.54, 1.807) is 18.3 Å². The standard InChI is InChI=1S/C31H35FN4O4/c1-2-40-27-11-7-6-10-25(27)28-26(32)18-23(19-33-28)31(29(37)34-24-12-15-36(21-24)30(38)39)13-16-35(17-14-31)20-22-8-4-3-5-9-22/h3-11,18-19,24H,2,12-17,20-21H2,1H3,(H,34,37)(H,38,39)/t24-/m1/s1. The highest BCUT2D eigenvalue weighted by atomic mass is 19.1. The van der Waals surface area contributed by atoms with Crippen LogP contribution in [0.4, 0.5) is 9.18 Å². The number of para-hydroxylation sites is 1. The Hall–Kier alpha value is -3.98. The van der Waals surface area contributed by atoms with Crippen molar-refractivity contribution in [2.75, 3.05) is 32.8 Å². The number of ether oxygens (including phenoxy) is 1. The summed E-state index contributed by atoms with van der Waals surface area (Å²) in [6.45, 7) is 5.03. The minimum atomic E-state index is -0.991. The lowest BCUT2D eigenvalue weighted by Crippen LogP contribution is -2.54. The fourth-order valence-corrected chi connectivity index (χ4v) is 5.80. The molecule has 9 heteroatoms. The van der Waals surface area contributed by atoms with Crippen LogP contribution < -0.4 is 10.1 Å². The van der Waals surface area contributed by atoms with E-state index in [0.717, 1.165) is 6.54 Å². The van der Waals surface area contributed by atoms with Crippen molar-refractivity contribution < 1.29 is 23.8 Å². The average Bonchev–Trinajstić information content (AvgIpc) is 3.44. The molecular formula is C31H35FN4O4. The van der Waals surface area contributed by atoms with Gasteiger partial charge in [0.05, 0.1) is 12.0 Å². The highest BCUT2D eigenvalue weighted by Crippen LogP contribution is 2.39. The summed E-state index contributed by atoms with van der Waals surface area (Å²) in [5.74, 6) is -0.163. The summed E-state index contributed by atoms with van der Waals surface area (Å²) >= 11 is 0. The molecular weight excluding hydrogens is 511 g/mol. The number of pyridine rings is 1. The van der Waals surface area contributed by atoms with Gasteiger partial charge in [-0.1, -0.05) is 42.5 Å². The zero-order valence-electron chi connectivity index (χ0n) is 22.7. The first-order valence-corrected chi connectivity index (χ1v) is 13.8. The summed E-state index contributed by atoms with van der Waals surface area (Å²) in [7, 11) is 0. The molecule has 2 aliphatic rings. The van der Waals surface area contributed by atoms with Gasteiger partial charge in [-0.25, -0.2) is 9.18 Å². The zero-order chi connectivity index (χ0) is 28.1. The fraction of sp³-hybridized carbons (Fsp3) is 0.387. The summed E-state index contributed by atoms with van der Waals surface area (Å²) in [4.78, 5) is 33.5. The molecule has 2 fully saturated rings. The molecule has 2 saturated heterocycles. The van der Waals surface area contributed by atoms with Crippen molar-refractivity contribution in [3.63, 3.8) is 0 Å². The summed E-state index contributed by atoms with van der Waals surface area (Å²) < 4.78 is 21.4. The van der Waals surface area contributed by atoms with Crippen LogP contribution in [0.1, 0.15) is 37.3 Å². The van der Waals surface area contributed by atoms with E-state index in [1.807, 2.05) is 37.3 Å². The Morgan fingerprint density at radius 2 is 1.82 bits per heavy atom. The topological polar surface area (TPSA) is 95.0 Å². The zero-order valence-corrected chi connectivity index (χ0v) is 22.7. The second kappa shape index (κ2) is 12.0.